The number of rotatable bonds is 2. The first-order chi connectivity index (χ1) is 9.59. The summed E-state index contributed by atoms with van der Waals surface area (Å²) in [4.78, 5) is 0. The third-order valence-electron chi connectivity index (χ3n) is 4.24. The van der Waals surface area contributed by atoms with Crippen molar-refractivity contribution in [2.75, 3.05) is 0 Å². The fourth-order valence-corrected chi connectivity index (χ4v) is 3.65. The molecule has 0 spiro atoms. The van der Waals surface area contributed by atoms with Gasteiger partial charge in [-0.1, -0.05) is 59.6 Å². The van der Waals surface area contributed by atoms with Gasteiger partial charge in [0.1, 0.15) is 0 Å². The van der Waals surface area contributed by atoms with E-state index in [1.807, 2.05) is 6.07 Å². The maximum atomic E-state index is 10.8. The summed E-state index contributed by atoms with van der Waals surface area (Å²) in [5, 5.41) is 21.1. The summed E-state index contributed by atoms with van der Waals surface area (Å²) < 4.78 is 0.811. The zero-order valence-corrected chi connectivity index (χ0v) is 13.8. The van der Waals surface area contributed by atoms with Crippen LogP contribution in [-0.2, 0) is 0 Å². The van der Waals surface area contributed by atoms with Crippen molar-refractivity contribution in [3.05, 3.63) is 33.3 Å². The lowest BCUT2D eigenvalue weighted by atomic mass is 9.71. The summed E-state index contributed by atoms with van der Waals surface area (Å²) in [6.45, 7) is 0. The van der Waals surface area contributed by atoms with Gasteiger partial charge in [0.25, 0.3) is 0 Å². The zero-order valence-electron chi connectivity index (χ0n) is 11.4. The minimum atomic E-state index is -0.793. The molecule has 0 bridgehead atoms. The van der Waals surface area contributed by atoms with E-state index in [1.165, 1.54) is 6.42 Å². The highest BCUT2D eigenvalue weighted by molar-refractivity contribution is 9.10. The van der Waals surface area contributed by atoms with Crippen LogP contribution in [0.3, 0.4) is 0 Å². The number of aliphatic hydroxyl groups excluding tert-OH is 1. The maximum absolute atomic E-state index is 10.8. The molecular formula is C16H19BrClNO. The molecule has 1 atom stereocenters. The van der Waals surface area contributed by atoms with Gasteiger partial charge in [0.15, 0.2) is 0 Å². The average molecular weight is 357 g/mol. The van der Waals surface area contributed by atoms with Crippen LogP contribution in [0.4, 0.5) is 0 Å². The SMILES string of the molecule is N#CC1(C(O)c2cc(Cl)ccc2Br)CCCCCCC1. The third kappa shape index (κ3) is 3.36. The van der Waals surface area contributed by atoms with Crippen molar-refractivity contribution in [2.45, 2.75) is 51.0 Å². The van der Waals surface area contributed by atoms with Crippen LogP contribution in [0, 0.1) is 16.7 Å². The molecular weight excluding hydrogens is 338 g/mol. The summed E-state index contributed by atoms with van der Waals surface area (Å²) in [6.07, 6.45) is 6.25. The van der Waals surface area contributed by atoms with Crippen LogP contribution in [-0.4, -0.2) is 5.11 Å². The van der Waals surface area contributed by atoms with E-state index in [0.717, 1.165) is 48.6 Å². The molecule has 108 valence electrons. The molecule has 4 heteroatoms. The Morgan fingerprint density at radius 3 is 2.40 bits per heavy atom. The van der Waals surface area contributed by atoms with Crippen LogP contribution in [0.25, 0.3) is 0 Å². The molecule has 1 saturated carbocycles. The van der Waals surface area contributed by atoms with Crippen LogP contribution in [0.15, 0.2) is 22.7 Å². The molecule has 0 saturated heterocycles. The molecule has 0 aromatic heterocycles. The number of nitriles is 1. The summed E-state index contributed by atoms with van der Waals surface area (Å²) >= 11 is 9.49. The molecule has 1 unspecified atom stereocenters. The van der Waals surface area contributed by atoms with Crippen LogP contribution >= 0.6 is 27.5 Å². The second-order valence-electron chi connectivity index (χ2n) is 5.60. The molecule has 0 radical (unpaired) electrons. The van der Waals surface area contributed by atoms with Crippen molar-refractivity contribution in [3.63, 3.8) is 0 Å². The number of benzene rings is 1. The Labute approximate surface area is 133 Å². The molecule has 1 aliphatic carbocycles. The van der Waals surface area contributed by atoms with E-state index in [4.69, 9.17) is 11.6 Å². The van der Waals surface area contributed by atoms with Gasteiger partial charge in [0, 0.05) is 9.50 Å². The predicted molar refractivity (Wildman–Crippen MR) is 84.5 cm³/mol. The van der Waals surface area contributed by atoms with Crippen molar-refractivity contribution in [1.82, 2.24) is 0 Å². The highest BCUT2D eigenvalue weighted by atomic mass is 79.9. The van der Waals surface area contributed by atoms with E-state index in [2.05, 4.69) is 22.0 Å². The van der Waals surface area contributed by atoms with Crippen LogP contribution in [0.5, 0.6) is 0 Å². The zero-order chi connectivity index (χ0) is 14.6. The largest absolute Gasteiger partial charge is 0.387 e. The van der Waals surface area contributed by atoms with Gasteiger partial charge in [-0.3, -0.25) is 0 Å². The number of aliphatic hydroxyl groups is 1. The van der Waals surface area contributed by atoms with Crippen LogP contribution < -0.4 is 0 Å². The van der Waals surface area contributed by atoms with E-state index in [9.17, 15) is 10.4 Å². The van der Waals surface area contributed by atoms with Gasteiger partial charge in [0.05, 0.1) is 17.6 Å². The fourth-order valence-electron chi connectivity index (χ4n) is 3.00. The number of hydrogen-bond acceptors (Lipinski definition) is 2. The molecule has 0 heterocycles. The van der Waals surface area contributed by atoms with E-state index >= 15 is 0 Å². The molecule has 2 rings (SSSR count). The van der Waals surface area contributed by atoms with E-state index in [0.29, 0.717) is 5.02 Å². The highest BCUT2D eigenvalue weighted by Gasteiger charge is 2.39. The Balaban J connectivity index is 2.33. The molecule has 0 aliphatic heterocycles. The predicted octanol–water partition coefficient (Wildman–Crippen LogP) is 5.39. The summed E-state index contributed by atoms with van der Waals surface area (Å²) in [6, 6.07) is 7.78. The van der Waals surface area contributed by atoms with Crippen LogP contribution in [0.1, 0.15) is 56.6 Å². The van der Waals surface area contributed by atoms with Gasteiger partial charge in [-0.2, -0.15) is 5.26 Å². The Morgan fingerprint density at radius 1 is 1.20 bits per heavy atom. The second-order valence-corrected chi connectivity index (χ2v) is 6.89. The van der Waals surface area contributed by atoms with Crippen molar-refractivity contribution >= 4 is 27.5 Å². The van der Waals surface area contributed by atoms with Gasteiger partial charge in [-0.25, -0.2) is 0 Å². The molecule has 1 aromatic carbocycles. The minimum Gasteiger partial charge on any atom is -0.387 e. The molecule has 20 heavy (non-hydrogen) atoms. The Morgan fingerprint density at radius 2 is 1.80 bits per heavy atom. The smallest absolute Gasteiger partial charge is 0.0987 e. The number of hydrogen-bond donors (Lipinski definition) is 1. The lowest BCUT2D eigenvalue weighted by Crippen LogP contribution is -2.28. The van der Waals surface area contributed by atoms with Crippen molar-refractivity contribution in [2.24, 2.45) is 5.41 Å². The third-order valence-corrected chi connectivity index (χ3v) is 5.20. The van der Waals surface area contributed by atoms with Crippen LogP contribution in [0.2, 0.25) is 5.02 Å². The molecule has 0 amide bonds. The van der Waals surface area contributed by atoms with Crippen molar-refractivity contribution < 1.29 is 5.11 Å². The van der Waals surface area contributed by atoms with Crippen molar-refractivity contribution in [3.8, 4) is 6.07 Å². The fraction of sp³-hybridized carbons (Fsp3) is 0.562. The van der Waals surface area contributed by atoms with Gasteiger partial charge in [0.2, 0.25) is 0 Å². The van der Waals surface area contributed by atoms with E-state index < -0.39 is 11.5 Å². The molecule has 1 aromatic rings. The van der Waals surface area contributed by atoms with Gasteiger partial charge in [-0.15, -0.1) is 0 Å². The van der Waals surface area contributed by atoms with Gasteiger partial charge >= 0.3 is 0 Å². The molecule has 2 nitrogen and oxygen atoms in total. The summed E-state index contributed by atoms with van der Waals surface area (Å²) in [7, 11) is 0. The lowest BCUT2D eigenvalue weighted by Gasteiger charge is -2.34. The topological polar surface area (TPSA) is 44.0 Å². The standard InChI is InChI=1S/C16H19BrClNO/c17-14-7-6-12(18)10-13(14)15(20)16(11-19)8-4-2-1-3-5-9-16/h6-7,10,15,20H,1-5,8-9H2. The summed E-state index contributed by atoms with van der Waals surface area (Å²) in [5.74, 6) is 0. The van der Waals surface area contributed by atoms with Gasteiger partial charge in [-0.05, 0) is 36.6 Å². The second kappa shape index (κ2) is 6.93. The van der Waals surface area contributed by atoms with E-state index in [-0.39, 0.29) is 0 Å². The minimum absolute atomic E-state index is 0.584. The summed E-state index contributed by atoms with van der Waals surface area (Å²) in [5.41, 5.74) is 0.0350. The number of halogens is 2. The first-order valence-corrected chi connectivity index (χ1v) is 8.30. The number of nitrogens with zero attached hydrogens (tertiary/aromatic N) is 1. The average Bonchev–Trinajstić information content (AvgIpc) is 2.41. The maximum Gasteiger partial charge on any atom is 0.0987 e. The molecule has 1 N–H and O–H groups in total. The quantitative estimate of drug-likeness (QED) is 0.772. The Hall–Kier alpha value is -0.560. The normalized spacial score (nSPS) is 20.5. The highest BCUT2D eigenvalue weighted by Crippen LogP contribution is 2.46. The Bertz CT molecular complexity index is 504. The lowest BCUT2D eigenvalue weighted by molar-refractivity contribution is 0.0429. The first kappa shape index (κ1) is 15.8. The first-order valence-electron chi connectivity index (χ1n) is 7.13. The van der Waals surface area contributed by atoms with E-state index in [1.54, 1.807) is 12.1 Å². The van der Waals surface area contributed by atoms with Gasteiger partial charge < -0.3 is 5.11 Å². The Kier molecular flexibility index (Phi) is 5.49. The van der Waals surface area contributed by atoms with Crippen molar-refractivity contribution in [1.29, 1.82) is 5.26 Å². The molecule has 1 aliphatic rings. The molecule has 1 fully saturated rings. The monoisotopic (exact) mass is 355 g/mol.